The molecule has 8 fully saturated rings. The van der Waals surface area contributed by atoms with Crippen LogP contribution in [-0.4, -0.2) is 239 Å². The smallest absolute Gasteiger partial charge is 0.187 e. The molecule has 14 N–H and O–H groups in total. The van der Waals surface area contributed by atoms with Gasteiger partial charge in [0.1, 0.15) is 91.6 Å². The number of aliphatic hydroxyl groups excluding tert-OH is 13. The first-order valence-corrected chi connectivity index (χ1v) is 26.9. The van der Waals surface area contributed by atoms with Gasteiger partial charge in [-0.05, 0) is 98.7 Å². The van der Waals surface area contributed by atoms with Gasteiger partial charge in [-0.25, -0.2) is 0 Å². The van der Waals surface area contributed by atoms with Crippen LogP contribution in [0.15, 0.2) is 11.6 Å². The van der Waals surface area contributed by atoms with Crippen LogP contribution in [0.5, 0.6) is 0 Å². The molecule has 0 spiro atoms. The Bertz CT molecular complexity index is 1920. The summed E-state index contributed by atoms with van der Waals surface area (Å²) in [7, 11) is 0. The summed E-state index contributed by atoms with van der Waals surface area (Å²) < 4.78 is 54.7. The van der Waals surface area contributed by atoms with E-state index in [4.69, 9.17) is 42.6 Å². The van der Waals surface area contributed by atoms with E-state index in [0.29, 0.717) is 43.4 Å². The molecule has 5 saturated heterocycles. The fourth-order valence-corrected chi connectivity index (χ4v) is 15.0. The molecule has 0 bridgehead atoms. The highest BCUT2D eigenvalue weighted by atomic mass is 16.8. The minimum absolute atomic E-state index is 0.0769. The quantitative estimate of drug-likeness (QED) is 0.0727. The Kier molecular flexibility index (Phi) is 17.4. The van der Waals surface area contributed by atoms with Crippen LogP contribution in [0.4, 0.5) is 0 Å². The molecule has 5 aliphatic heterocycles. The second-order valence-corrected chi connectivity index (χ2v) is 23.8. The number of rotatable bonds is 15. The predicted molar refractivity (Wildman–Crippen MR) is 250 cm³/mol. The highest BCUT2D eigenvalue weighted by Crippen LogP contribution is 2.70. The third-order valence-electron chi connectivity index (χ3n) is 19.5. The highest BCUT2D eigenvalue weighted by Gasteiger charge is 2.68. The van der Waals surface area contributed by atoms with Crippen molar-refractivity contribution in [2.24, 2.45) is 46.3 Å². The molecule has 5 heterocycles. The minimum atomic E-state index is -1.88. The van der Waals surface area contributed by atoms with E-state index in [2.05, 4.69) is 26.8 Å². The molecule has 0 aromatic carbocycles. The number of hydrogen-bond donors (Lipinski definition) is 14. The Labute approximate surface area is 430 Å². The molecule has 28 unspecified atom stereocenters. The maximum Gasteiger partial charge on any atom is 0.187 e. The summed E-state index contributed by atoms with van der Waals surface area (Å²) >= 11 is 0. The van der Waals surface area contributed by atoms with E-state index in [0.717, 1.165) is 32.1 Å². The first kappa shape index (κ1) is 57.5. The van der Waals surface area contributed by atoms with Crippen molar-refractivity contribution in [2.75, 3.05) is 26.4 Å². The van der Waals surface area contributed by atoms with E-state index in [1.54, 1.807) is 0 Å². The van der Waals surface area contributed by atoms with Crippen molar-refractivity contribution in [3.05, 3.63) is 11.6 Å². The van der Waals surface area contributed by atoms with Crippen molar-refractivity contribution in [3.63, 3.8) is 0 Å². The van der Waals surface area contributed by atoms with Crippen LogP contribution in [0.1, 0.15) is 92.4 Å². The van der Waals surface area contributed by atoms with E-state index in [-0.39, 0.29) is 41.3 Å². The van der Waals surface area contributed by atoms with Crippen molar-refractivity contribution in [3.8, 4) is 0 Å². The topological polar surface area (TPSA) is 366 Å². The van der Waals surface area contributed by atoms with E-state index in [9.17, 15) is 71.5 Å². The number of hydrogen-bond acceptors (Lipinski definition) is 23. The maximum absolute atomic E-state index is 12.1. The number of aliphatic hydroxyl groups is 14. The van der Waals surface area contributed by atoms with Gasteiger partial charge in [0, 0.05) is 12.3 Å². The largest absolute Gasteiger partial charge is 0.394 e. The number of ether oxygens (including phenoxy) is 9. The monoisotopic (exact) mass is 1060 g/mol. The average Bonchev–Trinajstić information content (AvgIpc) is 3.82. The lowest BCUT2D eigenvalue weighted by Crippen LogP contribution is -2.67. The summed E-state index contributed by atoms with van der Waals surface area (Å²) in [5.41, 5.74) is 0.989. The molecule has 3 saturated carbocycles. The lowest BCUT2D eigenvalue weighted by atomic mass is 9.47. The molecule has 0 aromatic rings. The Morgan fingerprint density at radius 3 is 1.85 bits per heavy atom. The third kappa shape index (κ3) is 10.2. The third-order valence-corrected chi connectivity index (χ3v) is 19.5. The number of allylic oxidation sites excluding steroid dienone is 1. The van der Waals surface area contributed by atoms with Crippen molar-refractivity contribution in [2.45, 2.75) is 233 Å². The molecule has 0 aromatic heterocycles. The summed E-state index contributed by atoms with van der Waals surface area (Å²) in [4.78, 5) is 0. The van der Waals surface area contributed by atoms with Crippen LogP contribution in [0.3, 0.4) is 0 Å². The normalized spacial score (nSPS) is 54.9. The van der Waals surface area contributed by atoms with Crippen LogP contribution in [0.2, 0.25) is 0 Å². The van der Waals surface area contributed by atoms with Gasteiger partial charge in [0.25, 0.3) is 0 Å². The van der Waals surface area contributed by atoms with Gasteiger partial charge in [0.05, 0.1) is 44.7 Å². The van der Waals surface area contributed by atoms with Crippen LogP contribution in [0, 0.1) is 46.3 Å². The predicted octanol–water partition coefficient (Wildman–Crippen LogP) is -3.01. The van der Waals surface area contributed by atoms with Gasteiger partial charge in [-0.1, -0.05) is 39.3 Å². The maximum atomic E-state index is 12.1. The van der Waals surface area contributed by atoms with E-state index < -0.39 is 155 Å². The molecule has 31 atom stereocenters. The molecule has 23 heteroatoms. The van der Waals surface area contributed by atoms with Crippen molar-refractivity contribution >= 4 is 0 Å². The fourth-order valence-electron chi connectivity index (χ4n) is 15.0. The molecule has 0 radical (unpaired) electrons. The molecule has 23 nitrogen and oxygen atoms in total. The zero-order valence-corrected chi connectivity index (χ0v) is 42.9. The van der Waals surface area contributed by atoms with Crippen molar-refractivity contribution < 1.29 is 114 Å². The van der Waals surface area contributed by atoms with E-state index >= 15 is 0 Å². The minimum Gasteiger partial charge on any atom is -0.394 e. The highest BCUT2D eigenvalue weighted by molar-refractivity contribution is 5.26. The van der Waals surface area contributed by atoms with E-state index in [1.807, 2.05) is 6.92 Å². The van der Waals surface area contributed by atoms with Gasteiger partial charge in [-0.2, -0.15) is 0 Å². The van der Waals surface area contributed by atoms with Gasteiger partial charge in [0.15, 0.2) is 30.9 Å². The first-order chi connectivity index (χ1) is 35.0. The van der Waals surface area contributed by atoms with E-state index in [1.165, 1.54) is 12.5 Å². The van der Waals surface area contributed by atoms with Crippen molar-refractivity contribution in [1.29, 1.82) is 0 Å². The standard InChI is InChI=1S/C51H84O23/c1-20(19-66-45-40(62)38(60)34(56)29(16-52)69-45)8-13-51(65)21(2)32-28(74-51)15-27-25-7-6-23-14-24(9-11-49(23,4)26(25)10-12-50(27,32)5)68-48-44(73-46-41(63)37(59)33(55)22(3)67-46)43(36(58)31(18-54)71-48)72-47-42(64)39(61)35(57)30(17-53)70-47/h6,20-22,24-48,52-65H,7-19H2,1-5H3/t20?,21?,22?,24?,25?,26?,27?,28?,29?,30?,31?,32?,33?,34?,35?,36?,37?,38?,39?,40?,41?,42?,43?,44?,45?,46?,47?,48?,49-,50-,51+/m0/s1. The SMILES string of the molecule is CC(CC[C@@]1(O)OC2CC3C4CC=C5CC(OC6OC(CO)C(O)C(OC7OC(CO)C(O)C(O)C7O)C6OC6OC(C)C(O)C(O)C6O)CC[C@]5(C)C4CC[C@]3(C)C2C1C)COC1OC(CO)C(O)C(O)C1O. The molecule has 9 rings (SSSR count). The molecule has 9 aliphatic rings. The lowest BCUT2D eigenvalue weighted by Gasteiger charge is -2.58. The Morgan fingerprint density at radius 1 is 0.635 bits per heavy atom. The van der Waals surface area contributed by atoms with Crippen LogP contribution in [-0.2, 0) is 42.6 Å². The fraction of sp³-hybridized carbons (Fsp3) is 0.961. The van der Waals surface area contributed by atoms with Crippen LogP contribution >= 0.6 is 0 Å². The Morgan fingerprint density at radius 2 is 1.20 bits per heavy atom. The summed E-state index contributed by atoms with van der Waals surface area (Å²) in [5.74, 6) is -0.351. The summed E-state index contributed by atoms with van der Waals surface area (Å²) in [5, 5.41) is 149. The number of fused-ring (bicyclic) bond motifs is 7. The molecule has 426 valence electrons. The van der Waals surface area contributed by atoms with Gasteiger partial charge >= 0.3 is 0 Å². The molecule has 0 amide bonds. The van der Waals surface area contributed by atoms with Crippen LogP contribution in [0.25, 0.3) is 0 Å². The van der Waals surface area contributed by atoms with Gasteiger partial charge < -0.3 is 114 Å². The summed E-state index contributed by atoms with van der Waals surface area (Å²) in [6.07, 6.45) is -22.5. The average molecular weight is 1070 g/mol. The molecule has 74 heavy (non-hydrogen) atoms. The van der Waals surface area contributed by atoms with Gasteiger partial charge in [-0.15, -0.1) is 0 Å². The van der Waals surface area contributed by atoms with Crippen molar-refractivity contribution in [1.82, 2.24) is 0 Å². The zero-order chi connectivity index (χ0) is 53.5. The molecular formula is C51H84O23. The molecular weight excluding hydrogens is 981 g/mol. The van der Waals surface area contributed by atoms with Crippen LogP contribution < -0.4 is 0 Å². The Hall–Kier alpha value is -1.18. The second-order valence-electron chi connectivity index (χ2n) is 23.8. The summed E-state index contributed by atoms with van der Waals surface area (Å²) in [6.45, 7) is 8.33. The zero-order valence-electron chi connectivity index (χ0n) is 42.9. The van der Waals surface area contributed by atoms with Gasteiger partial charge in [-0.3, -0.25) is 0 Å². The second kappa shape index (κ2) is 22.4. The molecule has 4 aliphatic carbocycles. The van der Waals surface area contributed by atoms with Gasteiger partial charge in [0.2, 0.25) is 0 Å². The summed E-state index contributed by atoms with van der Waals surface area (Å²) in [6, 6.07) is 0. The Balaban J connectivity index is 0.864. The lowest BCUT2D eigenvalue weighted by molar-refractivity contribution is -0.394. The first-order valence-electron chi connectivity index (χ1n) is 26.9.